The fraction of sp³-hybridized carbons (Fsp3) is 0.227. The molecule has 3 aromatic heterocycles. The average molecular weight is 617 g/mol. The first kappa shape index (κ1) is 29.8. The van der Waals surface area contributed by atoms with E-state index in [0.29, 0.717) is 11.3 Å². The molecule has 204 valence electrons. The third kappa shape index (κ3) is 5.68. The summed E-state index contributed by atoms with van der Waals surface area (Å²) in [6.07, 6.45) is 5.54. The Kier molecular flexibility index (Phi) is 9.06. The summed E-state index contributed by atoms with van der Waals surface area (Å²) >= 11 is 8.27. The third-order valence-electron chi connectivity index (χ3n) is 5.85. The van der Waals surface area contributed by atoms with Crippen LogP contribution in [0, 0.1) is 0 Å². The van der Waals surface area contributed by atoms with Crippen molar-refractivity contribution in [2.75, 3.05) is 18.1 Å². The molecule has 0 aromatic carbocycles. The van der Waals surface area contributed by atoms with Crippen molar-refractivity contribution in [2.45, 2.75) is 18.0 Å². The van der Waals surface area contributed by atoms with Crippen molar-refractivity contribution < 1.29 is 38.6 Å². The van der Waals surface area contributed by atoms with Crippen molar-refractivity contribution >= 4 is 105 Å². The van der Waals surface area contributed by atoms with E-state index in [1.165, 1.54) is 11.8 Å². The van der Waals surface area contributed by atoms with Gasteiger partial charge in [-0.1, -0.05) is 34.2 Å². The van der Waals surface area contributed by atoms with Gasteiger partial charge in [0.1, 0.15) is 46.1 Å². The van der Waals surface area contributed by atoms with Crippen LogP contribution < -0.4 is 15.5 Å². The molecule has 0 spiro atoms. The number of imidazole rings is 1. The number of rotatable bonds is 9. The number of β-lactam (4-membered cyclic amide) rings is 1. The summed E-state index contributed by atoms with van der Waals surface area (Å²) in [5.74, 6) is -3.84. The number of carboxylic acid groups (broad SMARTS) is 2. The number of halogens is 1. The SMILES string of the molecule is Nc1nc(/C(=N/OCC(=O)O)C(=O)N[C@@H]2C(=O)N3C(C(=O)O)=C(Cn4cc[n+]5ccccc45)CS[C@H]23)c(Cl)s1.[NaH]. The Labute approximate surface area is 260 Å². The summed E-state index contributed by atoms with van der Waals surface area (Å²) in [7, 11) is 0. The van der Waals surface area contributed by atoms with Crippen LogP contribution in [0.1, 0.15) is 5.69 Å². The van der Waals surface area contributed by atoms with Crippen LogP contribution >= 0.6 is 34.7 Å². The van der Waals surface area contributed by atoms with E-state index in [1.807, 2.05) is 45.8 Å². The topological polar surface area (TPSA) is 194 Å². The van der Waals surface area contributed by atoms with Crippen molar-refractivity contribution in [3.8, 4) is 0 Å². The molecule has 5 rings (SSSR count). The number of anilines is 1. The molecule has 1 saturated heterocycles. The summed E-state index contributed by atoms with van der Waals surface area (Å²) < 4.78 is 3.78. The number of oxime groups is 1. The van der Waals surface area contributed by atoms with Gasteiger partial charge < -0.3 is 26.1 Å². The number of nitrogens with one attached hydrogen (secondary N) is 1. The third-order valence-corrected chi connectivity index (χ3v) is 8.28. The molecule has 1 fully saturated rings. The monoisotopic (exact) mass is 616 g/mol. The van der Waals surface area contributed by atoms with Crippen LogP contribution in [0.15, 0.2) is 53.2 Å². The minimum atomic E-state index is -1.33. The van der Waals surface area contributed by atoms with E-state index < -0.39 is 47.5 Å². The van der Waals surface area contributed by atoms with Gasteiger partial charge in [0.2, 0.25) is 6.61 Å². The van der Waals surface area contributed by atoms with Crippen molar-refractivity contribution in [3.05, 3.63) is 58.1 Å². The Morgan fingerprint density at radius 2 is 2.08 bits per heavy atom. The molecule has 40 heavy (non-hydrogen) atoms. The number of thiazole rings is 1. The van der Waals surface area contributed by atoms with Gasteiger partial charge in [0.05, 0.1) is 6.20 Å². The quantitative estimate of drug-likeness (QED) is 0.0801. The number of carboxylic acids is 2. The fourth-order valence-electron chi connectivity index (χ4n) is 4.21. The normalized spacial score (nSPS) is 18.6. The molecule has 3 aromatic rings. The molecular formula is C22H20ClN7NaO7S2+. The Hall–Kier alpha value is -3.15. The number of pyridine rings is 1. The molecule has 0 radical (unpaired) electrons. The van der Waals surface area contributed by atoms with Crippen LogP contribution in [-0.2, 0) is 30.6 Å². The molecule has 5 N–H and O–H groups in total. The second-order valence-corrected chi connectivity index (χ2v) is 11.0. The van der Waals surface area contributed by atoms with Crippen LogP contribution in [0.5, 0.6) is 0 Å². The zero-order valence-corrected chi connectivity index (χ0v) is 22.1. The van der Waals surface area contributed by atoms with Gasteiger partial charge in [-0.05, 0) is 6.07 Å². The number of thioether (sulfide) groups is 1. The molecule has 0 saturated carbocycles. The fourth-order valence-corrected chi connectivity index (χ4v) is 6.47. The van der Waals surface area contributed by atoms with Crippen molar-refractivity contribution in [2.24, 2.45) is 5.16 Å². The standard InChI is InChI=1S/C22H18ClN7O7S2.Na.H/c23-17-13(26-22(24)39-17)14(27-37-8-12(31)32)18(33)25-15-19(34)30-16(21(35)36)10(9-38-20(15)30)7-29-6-5-28-4-2-1-3-11(28)29;;/h1-6,15,20H,7-9H2,(H4-,24,25,26,31,32,33,35,36);;/p+1/b27-14-;;/t15-,20-;;/m1../s1. The average Bonchev–Trinajstić information content (AvgIpc) is 3.46. The number of carbonyl (C=O) groups is 4. The Morgan fingerprint density at radius 3 is 2.75 bits per heavy atom. The van der Waals surface area contributed by atoms with Gasteiger partial charge in [-0.25, -0.2) is 23.5 Å². The number of fused-ring (bicyclic) bond motifs is 2. The molecule has 0 bridgehead atoms. The van der Waals surface area contributed by atoms with E-state index in [1.54, 1.807) is 0 Å². The van der Waals surface area contributed by atoms with Crippen LogP contribution in [0.3, 0.4) is 0 Å². The molecule has 5 heterocycles. The maximum atomic E-state index is 13.1. The summed E-state index contributed by atoms with van der Waals surface area (Å²) in [5.41, 5.74) is 6.28. The summed E-state index contributed by atoms with van der Waals surface area (Å²) in [4.78, 5) is 59.1. The molecule has 2 aliphatic rings. The van der Waals surface area contributed by atoms with Crippen LogP contribution in [0.4, 0.5) is 5.13 Å². The van der Waals surface area contributed by atoms with E-state index in [2.05, 4.69) is 15.5 Å². The van der Waals surface area contributed by atoms with E-state index >= 15 is 0 Å². The first-order valence-electron chi connectivity index (χ1n) is 11.2. The van der Waals surface area contributed by atoms with Gasteiger partial charge in [-0.3, -0.25) is 14.5 Å². The number of aliphatic carboxylic acids is 2. The maximum absolute atomic E-state index is 13.1. The van der Waals surface area contributed by atoms with Crippen molar-refractivity contribution in [3.63, 3.8) is 0 Å². The number of hydrogen-bond donors (Lipinski definition) is 4. The van der Waals surface area contributed by atoms with E-state index in [4.69, 9.17) is 27.3 Å². The number of aromatic nitrogens is 3. The van der Waals surface area contributed by atoms with E-state index in [-0.39, 0.29) is 57.0 Å². The number of amides is 2. The number of carbonyl (C=O) groups excluding carboxylic acids is 2. The van der Waals surface area contributed by atoms with Gasteiger partial charge >= 0.3 is 41.5 Å². The Bertz CT molecular complexity index is 1590. The van der Waals surface area contributed by atoms with Gasteiger partial charge in [0.15, 0.2) is 10.8 Å². The zero-order chi connectivity index (χ0) is 27.8. The molecule has 14 nitrogen and oxygen atoms in total. The first-order valence-corrected chi connectivity index (χ1v) is 13.4. The second kappa shape index (κ2) is 12.2. The molecule has 2 aliphatic heterocycles. The van der Waals surface area contributed by atoms with Gasteiger partial charge in [0, 0.05) is 17.4 Å². The second-order valence-electron chi connectivity index (χ2n) is 8.29. The van der Waals surface area contributed by atoms with Crippen LogP contribution in [-0.4, -0.2) is 107 Å². The molecule has 18 heteroatoms. The van der Waals surface area contributed by atoms with Crippen molar-refractivity contribution in [1.29, 1.82) is 0 Å². The number of nitrogen functional groups attached to an aromatic ring is 1. The summed E-state index contributed by atoms with van der Waals surface area (Å²) in [6, 6.07) is 4.55. The van der Waals surface area contributed by atoms with Gasteiger partial charge in [-0.2, -0.15) is 0 Å². The number of nitrogens with zero attached hydrogens (tertiary/aromatic N) is 5. The zero-order valence-electron chi connectivity index (χ0n) is 19.7. The summed E-state index contributed by atoms with van der Waals surface area (Å²) in [5, 5.41) is 24.2. The Morgan fingerprint density at radius 1 is 1.30 bits per heavy atom. The molecule has 2 atom stereocenters. The number of nitrogens with two attached hydrogens (primary N) is 1. The van der Waals surface area contributed by atoms with Crippen molar-refractivity contribution in [1.82, 2.24) is 19.8 Å². The first-order chi connectivity index (χ1) is 18.7. The predicted molar refractivity (Wildman–Crippen MR) is 146 cm³/mol. The van der Waals surface area contributed by atoms with E-state index in [9.17, 15) is 24.3 Å². The van der Waals surface area contributed by atoms with Crippen LogP contribution in [0.25, 0.3) is 5.65 Å². The summed E-state index contributed by atoms with van der Waals surface area (Å²) in [6.45, 7) is -0.586. The van der Waals surface area contributed by atoms with Crippen LogP contribution in [0.2, 0.25) is 4.34 Å². The van der Waals surface area contributed by atoms with Gasteiger partial charge in [-0.15, -0.1) is 11.8 Å². The van der Waals surface area contributed by atoms with Gasteiger partial charge in [0.25, 0.3) is 17.5 Å². The Balaban J connectivity index is 0.00000370. The van der Waals surface area contributed by atoms with E-state index in [0.717, 1.165) is 21.9 Å². The molecular weight excluding hydrogens is 597 g/mol. The molecule has 0 unspecified atom stereocenters. The number of hydrogen-bond acceptors (Lipinski definition) is 10. The molecule has 2 amide bonds. The molecule has 0 aliphatic carbocycles. The minimum absolute atomic E-state index is 0. The predicted octanol–water partition coefficient (Wildman–Crippen LogP) is -0.485.